The molecule has 0 atom stereocenters. The summed E-state index contributed by atoms with van der Waals surface area (Å²) in [6.45, 7) is 9.31. The molecule has 1 fully saturated rings. The topological polar surface area (TPSA) is 77.9 Å². The van der Waals surface area contributed by atoms with Crippen LogP contribution >= 0.6 is 12.2 Å². The summed E-state index contributed by atoms with van der Waals surface area (Å²) in [4.78, 5) is 11.8. The van der Waals surface area contributed by atoms with Crippen LogP contribution in [0.15, 0.2) is 10.2 Å². The lowest BCUT2D eigenvalue weighted by atomic mass is 9.96. The maximum absolute atomic E-state index is 11.8. The molecule has 0 bridgehead atoms. The standard InChI is InChI=1S/C15H29N5OS/c1-14(2,3)12(21)18-19-13(22)16-15(4,5)20-17-11-9-7-6-8-10-11/h11H,6-10H2,1-5H3,(H,18,21)(H2,16,19,22). The van der Waals surface area contributed by atoms with Crippen LogP contribution in [0, 0.1) is 5.41 Å². The summed E-state index contributed by atoms with van der Waals surface area (Å²) >= 11 is 5.18. The van der Waals surface area contributed by atoms with E-state index >= 15 is 0 Å². The maximum atomic E-state index is 11.8. The fraction of sp³-hybridized carbons (Fsp3) is 0.867. The molecule has 1 aliphatic rings. The number of carbonyl (C=O) groups excluding carboxylic acids is 1. The third-order valence-corrected chi connectivity index (χ3v) is 3.64. The van der Waals surface area contributed by atoms with Crippen molar-refractivity contribution in [2.24, 2.45) is 15.6 Å². The Labute approximate surface area is 138 Å². The van der Waals surface area contributed by atoms with Gasteiger partial charge in [-0.2, -0.15) is 10.2 Å². The van der Waals surface area contributed by atoms with E-state index in [1.807, 2.05) is 34.6 Å². The summed E-state index contributed by atoms with van der Waals surface area (Å²) in [6.07, 6.45) is 6.00. The van der Waals surface area contributed by atoms with E-state index in [4.69, 9.17) is 12.2 Å². The molecule has 0 aliphatic heterocycles. The summed E-state index contributed by atoms with van der Waals surface area (Å²) in [5.74, 6) is -0.127. The van der Waals surface area contributed by atoms with Crippen LogP contribution in [0.5, 0.6) is 0 Å². The van der Waals surface area contributed by atoms with Crippen LogP contribution in [-0.2, 0) is 4.79 Å². The van der Waals surface area contributed by atoms with Gasteiger partial charge in [-0.15, -0.1) is 0 Å². The van der Waals surface area contributed by atoms with Gasteiger partial charge < -0.3 is 5.32 Å². The highest BCUT2D eigenvalue weighted by atomic mass is 32.1. The van der Waals surface area contributed by atoms with E-state index in [1.54, 1.807) is 0 Å². The Morgan fingerprint density at radius 1 is 1.05 bits per heavy atom. The van der Waals surface area contributed by atoms with Gasteiger partial charge in [-0.3, -0.25) is 15.6 Å². The molecule has 7 heteroatoms. The molecule has 0 aromatic heterocycles. The maximum Gasteiger partial charge on any atom is 0.243 e. The predicted molar refractivity (Wildman–Crippen MR) is 92.3 cm³/mol. The number of thiocarbonyl (C=S) groups is 1. The molecule has 1 aliphatic carbocycles. The van der Waals surface area contributed by atoms with Crippen molar-refractivity contribution in [2.75, 3.05) is 0 Å². The second-order valence-electron chi connectivity index (χ2n) is 7.35. The van der Waals surface area contributed by atoms with Crippen LogP contribution in [0.1, 0.15) is 66.7 Å². The van der Waals surface area contributed by atoms with Gasteiger partial charge in [-0.1, -0.05) is 40.0 Å². The lowest BCUT2D eigenvalue weighted by molar-refractivity contribution is -0.129. The third kappa shape index (κ3) is 7.15. The molecule has 126 valence electrons. The van der Waals surface area contributed by atoms with Crippen LogP contribution in [-0.4, -0.2) is 22.7 Å². The third-order valence-electron chi connectivity index (χ3n) is 3.44. The molecule has 0 saturated heterocycles. The minimum atomic E-state index is -0.603. The Morgan fingerprint density at radius 2 is 1.64 bits per heavy atom. The van der Waals surface area contributed by atoms with E-state index in [1.165, 1.54) is 19.3 Å². The molecular formula is C15H29N5OS. The average Bonchev–Trinajstić information content (AvgIpc) is 2.42. The Hall–Kier alpha value is -1.24. The first kappa shape index (κ1) is 18.8. The number of nitrogens with zero attached hydrogens (tertiary/aromatic N) is 2. The number of nitrogens with one attached hydrogen (secondary N) is 3. The van der Waals surface area contributed by atoms with Crippen molar-refractivity contribution in [3.05, 3.63) is 0 Å². The molecule has 1 saturated carbocycles. The van der Waals surface area contributed by atoms with Crippen LogP contribution in [0.3, 0.4) is 0 Å². The molecule has 6 nitrogen and oxygen atoms in total. The Kier molecular flexibility index (Phi) is 6.71. The first-order valence-corrected chi connectivity index (χ1v) is 8.31. The minimum absolute atomic E-state index is 0.127. The van der Waals surface area contributed by atoms with Crippen molar-refractivity contribution in [1.82, 2.24) is 16.2 Å². The molecule has 1 rings (SSSR count). The number of azo groups is 1. The summed E-state index contributed by atoms with van der Waals surface area (Å²) < 4.78 is 0. The van der Waals surface area contributed by atoms with Crippen molar-refractivity contribution < 1.29 is 4.79 Å². The van der Waals surface area contributed by atoms with Crippen LogP contribution < -0.4 is 16.2 Å². The van der Waals surface area contributed by atoms with Crippen molar-refractivity contribution in [1.29, 1.82) is 0 Å². The Bertz CT molecular complexity index is 422. The van der Waals surface area contributed by atoms with Crippen LogP contribution in [0.25, 0.3) is 0 Å². The van der Waals surface area contributed by atoms with E-state index in [2.05, 4.69) is 26.4 Å². The smallest absolute Gasteiger partial charge is 0.243 e. The summed E-state index contributed by atoms with van der Waals surface area (Å²) in [5, 5.41) is 12.2. The number of amides is 1. The second-order valence-corrected chi connectivity index (χ2v) is 7.76. The van der Waals surface area contributed by atoms with Gasteiger partial charge in [0.2, 0.25) is 5.91 Å². The van der Waals surface area contributed by atoms with E-state index in [9.17, 15) is 4.79 Å². The van der Waals surface area contributed by atoms with Crippen molar-refractivity contribution in [2.45, 2.75) is 78.4 Å². The fourth-order valence-corrected chi connectivity index (χ4v) is 2.36. The van der Waals surface area contributed by atoms with Crippen molar-refractivity contribution in [3.8, 4) is 0 Å². The number of hydrogen-bond donors (Lipinski definition) is 3. The van der Waals surface area contributed by atoms with E-state index in [0.29, 0.717) is 11.2 Å². The van der Waals surface area contributed by atoms with Gasteiger partial charge in [0.1, 0.15) is 5.66 Å². The molecule has 0 heterocycles. The minimum Gasteiger partial charge on any atom is -0.336 e. The van der Waals surface area contributed by atoms with E-state index < -0.39 is 11.1 Å². The van der Waals surface area contributed by atoms with Gasteiger partial charge in [0.25, 0.3) is 0 Å². The number of carbonyl (C=O) groups is 1. The van der Waals surface area contributed by atoms with Gasteiger partial charge in [0.15, 0.2) is 5.11 Å². The Morgan fingerprint density at radius 3 is 2.18 bits per heavy atom. The highest BCUT2D eigenvalue weighted by molar-refractivity contribution is 7.80. The summed E-state index contributed by atoms with van der Waals surface area (Å²) in [6, 6.07) is 0.331. The largest absolute Gasteiger partial charge is 0.336 e. The molecule has 3 N–H and O–H groups in total. The lowest BCUT2D eigenvalue weighted by Crippen LogP contribution is -2.54. The van der Waals surface area contributed by atoms with Crippen molar-refractivity contribution in [3.63, 3.8) is 0 Å². The van der Waals surface area contributed by atoms with Gasteiger partial charge in [0.05, 0.1) is 6.04 Å². The molecule has 0 unspecified atom stereocenters. The zero-order valence-electron chi connectivity index (χ0n) is 14.3. The highest BCUT2D eigenvalue weighted by Crippen LogP contribution is 2.21. The first-order chi connectivity index (χ1) is 10.1. The fourth-order valence-electron chi connectivity index (χ4n) is 2.06. The quantitative estimate of drug-likeness (QED) is 0.423. The van der Waals surface area contributed by atoms with Gasteiger partial charge in [-0.25, -0.2) is 0 Å². The summed E-state index contributed by atoms with van der Waals surface area (Å²) in [7, 11) is 0. The monoisotopic (exact) mass is 327 g/mol. The summed E-state index contributed by atoms with van der Waals surface area (Å²) in [5.41, 5.74) is 4.21. The zero-order chi connectivity index (χ0) is 16.8. The van der Waals surface area contributed by atoms with Crippen LogP contribution in [0.4, 0.5) is 0 Å². The van der Waals surface area contributed by atoms with Crippen molar-refractivity contribution >= 4 is 23.2 Å². The Balaban J connectivity index is 2.41. The van der Waals surface area contributed by atoms with Crippen LogP contribution in [0.2, 0.25) is 0 Å². The molecule has 0 aromatic rings. The van der Waals surface area contributed by atoms with Gasteiger partial charge in [0, 0.05) is 5.41 Å². The average molecular weight is 327 g/mol. The zero-order valence-corrected chi connectivity index (χ0v) is 15.1. The molecular weight excluding hydrogens is 298 g/mol. The first-order valence-electron chi connectivity index (χ1n) is 7.91. The number of rotatable bonds is 3. The lowest BCUT2D eigenvalue weighted by Gasteiger charge is -2.25. The second kappa shape index (κ2) is 7.85. The SMILES string of the molecule is CC(C)(N=NC1CCCCC1)NC(=S)NNC(=O)C(C)(C)C. The van der Waals surface area contributed by atoms with E-state index in [0.717, 1.165) is 12.8 Å². The molecule has 0 aromatic carbocycles. The number of hydrogen-bond acceptors (Lipinski definition) is 4. The predicted octanol–water partition coefficient (Wildman–Crippen LogP) is 3.05. The van der Waals surface area contributed by atoms with E-state index in [-0.39, 0.29) is 5.91 Å². The van der Waals surface area contributed by atoms with Gasteiger partial charge >= 0.3 is 0 Å². The van der Waals surface area contributed by atoms with Gasteiger partial charge in [-0.05, 0) is 38.9 Å². The molecule has 22 heavy (non-hydrogen) atoms. The molecule has 0 spiro atoms. The highest BCUT2D eigenvalue weighted by Gasteiger charge is 2.23. The molecule has 1 amide bonds. The number of hydrazine groups is 1. The normalized spacial score (nSPS) is 17.3. The molecule has 0 radical (unpaired) electrons.